The van der Waals surface area contributed by atoms with Crippen molar-refractivity contribution in [3.05, 3.63) is 21.9 Å². The fourth-order valence-electron chi connectivity index (χ4n) is 3.20. The number of hydrogen-bond acceptors (Lipinski definition) is 4. The Hall–Kier alpha value is -0.910. The Kier molecular flexibility index (Phi) is 3.60. The molecule has 1 amide bonds. The number of aliphatic hydroxyl groups is 1. The average molecular weight is 280 g/mol. The van der Waals surface area contributed by atoms with E-state index in [1.54, 1.807) is 16.2 Å². The van der Waals surface area contributed by atoms with E-state index in [-0.39, 0.29) is 17.9 Å². The van der Waals surface area contributed by atoms with Gasteiger partial charge in [0.15, 0.2) is 0 Å². The molecule has 2 N–H and O–H groups in total. The first-order chi connectivity index (χ1) is 9.18. The third-order valence-corrected chi connectivity index (χ3v) is 5.34. The topological polar surface area (TPSA) is 52.6 Å². The lowest BCUT2D eigenvalue weighted by atomic mass is 9.86. The van der Waals surface area contributed by atoms with Crippen molar-refractivity contribution in [3.63, 3.8) is 0 Å². The Labute approximate surface area is 117 Å². The molecule has 0 aromatic carbocycles. The molecule has 0 spiro atoms. The molecular weight excluding hydrogens is 260 g/mol. The Balaban J connectivity index is 1.78. The monoisotopic (exact) mass is 280 g/mol. The summed E-state index contributed by atoms with van der Waals surface area (Å²) in [6.07, 6.45) is 2.68. The summed E-state index contributed by atoms with van der Waals surface area (Å²) < 4.78 is 0. The number of thiophene rings is 1. The molecule has 2 aliphatic rings. The highest BCUT2D eigenvalue weighted by atomic mass is 32.1. The molecule has 0 radical (unpaired) electrons. The van der Waals surface area contributed by atoms with Crippen molar-refractivity contribution in [2.24, 2.45) is 0 Å². The second-order valence-corrected chi connectivity index (χ2v) is 6.49. The van der Waals surface area contributed by atoms with Crippen molar-refractivity contribution < 1.29 is 9.90 Å². The minimum Gasteiger partial charge on any atom is -0.390 e. The normalized spacial score (nSPS) is 30.1. The molecule has 0 saturated carbocycles. The minimum absolute atomic E-state index is 0.00667. The van der Waals surface area contributed by atoms with Gasteiger partial charge in [-0.2, -0.15) is 0 Å². The lowest BCUT2D eigenvalue weighted by Crippen LogP contribution is -2.46. The first-order valence-corrected chi connectivity index (χ1v) is 7.78. The zero-order chi connectivity index (χ0) is 13.4. The van der Waals surface area contributed by atoms with Gasteiger partial charge in [-0.3, -0.25) is 4.79 Å². The third-order valence-electron chi connectivity index (χ3n) is 4.35. The minimum atomic E-state index is -0.445. The molecular formula is C14H20N2O2S. The number of aryl methyl sites for hydroxylation is 1. The molecule has 5 heteroatoms. The molecule has 19 heavy (non-hydrogen) atoms. The Morgan fingerprint density at radius 1 is 1.53 bits per heavy atom. The van der Waals surface area contributed by atoms with Crippen LogP contribution in [0.5, 0.6) is 0 Å². The predicted octanol–water partition coefficient (Wildman–Crippen LogP) is 0.959. The second kappa shape index (κ2) is 5.23. The number of β-amino-alcohol motifs (C(OH)–C–C–N with tert-alkyl or cyclic N) is 1. The summed E-state index contributed by atoms with van der Waals surface area (Å²) in [4.78, 5) is 15.8. The number of carbonyl (C=O) groups excluding carboxylic acids is 1. The molecule has 1 aliphatic heterocycles. The van der Waals surface area contributed by atoms with Gasteiger partial charge in [-0.15, -0.1) is 11.3 Å². The number of nitrogens with zero attached hydrogens (tertiary/aromatic N) is 1. The van der Waals surface area contributed by atoms with Crippen LogP contribution >= 0.6 is 11.3 Å². The van der Waals surface area contributed by atoms with Crippen molar-refractivity contribution in [1.82, 2.24) is 10.2 Å². The van der Waals surface area contributed by atoms with E-state index in [1.807, 2.05) is 7.05 Å². The van der Waals surface area contributed by atoms with Crippen molar-refractivity contribution >= 4 is 17.2 Å². The molecule has 4 nitrogen and oxygen atoms in total. The Bertz CT molecular complexity index is 474. The van der Waals surface area contributed by atoms with E-state index in [9.17, 15) is 9.90 Å². The first kappa shape index (κ1) is 13.1. The molecule has 0 bridgehead atoms. The second-order valence-electron chi connectivity index (χ2n) is 5.49. The summed E-state index contributed by atoms with van der Waals surface area (Å²) in [5.74, 6) is 0.153. The molecule has 1 aromatic heterocycles. The van der Waals surface area contributed by atoms with Gasteiger partial charge in [-0.05, 0) is 36.3 Å². The molecule has 3 atom stereocenters. The van der Waals surface area contributed by atoms with Gasteiger partial charge in [0.25, 0.3) is 0 Å². The predicted molar refractivity (Wildman–Crippen MR) is 75.4 cm³/mol. The van der Waals surface area contributed by atoms with Gasteiger partial charge in [0.1, 0.15) is 0 Å². The molecule has 1 unspecified atom stereocenters. The number of aliphatic hydroxyl groups excluding tert-OH is 1. The quantitative estimate of drug-likeness (QED) is 0.848. The van der Waals surface area contributed by atoms with Gasteiger partial charge in [-0.25, -0.2) is 0 Å². The summed E-state index contributed by atoms with van der Waals surface area (Å²) in [6, 6.07) is 2.01. The van der Waals surface area contributed by atoms with Crippen LogP contribution in [0, 0.1) is 0 Å². The van der Waals surface area contributed by atoms with Crippen LogP contribution in [0.1, 0.15) is 29.2 Å². The van der Waals surface area contributed by atoms with Crippen LogP contribution in [-0.4, -0.2) is 48.2 Å². The van der Waals surface area contributed by atoms with Crippen molar-refractivity contribution in [3.8, 4) is 0 Å². The van der Waals surface area contributed by atoms with E-state index in [2.05, 4.69) is 16.8 Å². The van der Waals surface area contributed by atoms with E-state index in [0.29, 0.717) is 13.1 Å². The maximum Gasteiger partial charge on any atom is 0.230 e. The van der Waals surface area contributed by atoms with Gasteiger partial charge in [0, 0.05) is 25.0 Å². The fraction of sp³-hybridized carbons (Fsp3) is 0.643. The van der Waals surface area contributed by atoms with Crippen LogP contribution < -0.4 is 5.32 Å². The molecule has 104 valence electrons. The fourth-order valence-corrected chi connectivity index (χ4v) is 4.19. The van der Waals surface area contributed by atoms with Crippen LogP contribution in [0.15, 0.2) is 11.4 Å². The smallest absolute Gasteiger partial charge is 0.230 e. The highest BCUT2D eigenvalue weighted by molar-refractivity contribution is 7.10. The number of rotatable bonds is 2. The molecule has 1 fully saturated rings. The number of fused-ring (bicyclic) bond motifs is 1. The van der Waals surface area contributed by atoms with E-state index < -0.39 is 6.10 Å². The van der Waals surface area contributed by atoms with Crippen molar-refractivity contribution in [1.29, 1.82) is 0 Å². The molecule has 2 heterocycles. The third kappa shape index (κ3) is 2.30. The highest BCUT2D eigenvalue weighted by Crippen LogP contribution is 2.36. The lowest BCUT2D eigenvalue weighted by Gasteiger charge is -2.31. The standard InChI is InChI=1S/C14H20N2O2S/c1-16(11-7-15-8-12(11)17)14(18)10-3-2-4-13-9(10)5-6-19-13/h5-6,10-12,15,17H,2-4,7-8H2,1H3/t10?,11-,12-/m0/s1. The van der Waals surface area contributed by atoms with Gasteiger partial charge in [0.05, 0.1) is 18.1 Å². The van der Waals surface area contributed by atoms with Crippen LogP contribution in [0.3, 0.4) is 0 Å². The zero-order valence-corrected chi connectivity index (χ0v) is 11.9. The van der Waals surface area contributed by atoms with Crippen molar-refractivity contribution in [2.75, 3.05) is 20.1 Å². The number of likely N-dealkylation sites (N-methyl/N-ethyl adjacent to an activating group) is 1. The van der Waals surface area contributed by atoms with E-state index in [1.165, 1.54) is 10.4 Å². The number of amides is 1. The van der Waals surface area contributed by atoms with Gasteiger partial charge in [0.2, 0.25) is 5.91 Å². The molecule has 1 saturated heterocycles. The first-order valence-electron chi connectivity index (χ1n) is 6.90. The highest BCUT2D eigenvalue weighted by Gasteiger charge is 2.36. The van der Waals surface area contributed by atoms with E-state index in [4.69, 9.17) is 0 Å². The summed E-state index contributed by atoms with van der Waals surface area (Å²) in [5, 5.41) is 15.1. The van der Waals surface area contributed by atoms with Gasteiger partial charge in [-0.1, -0.05) is 0 Å². The molecule has 1 aliphatic carbocycles. The number of hydrogen-bond donors (Lipinski definition) is 2. The van der Waals surface area contributed by atoms with E-state index in [0.717, 1.165) is 19.3 Å². The summed E-state index contributed by atoms with van der Waals surface area (Å²) in [6.45, 7) is 1.27. The Morgan fingerprint density at radius 2 is 2.37 bits per heavy atom. The van der Waals surface area contributed by atoms with Crippen LogP contribution in [-0.2, 0) is 11.2 Å². The average Bonchev–Trinajstić information content (AvgIpc) is 3.04. The SMILES string of the molecule is CN(C(=O)C1CCCc2sccc21)[C@H]1CNC[C@@H]1O. The summed E-state index contributed by atoms with van der Waals surface area (Å²) in [7, 11) is 1.82. The zero-order valence-electron chi connectivity index (χ0n) is 11.1. The van der Waals surface area contributed by atoms with Crippen molar-refractivity contribution in [2.45, 2.75) is 37.3 Å². The van der Waals surface area contributed by atoms with Gasteiger partial charge < -0.3 is 15.3 Å². The number of carbonyl (C=O) groups is 1. The molecule has 1 aromatic rings. The largest absolute Gasteiger partial charge is 0.390 e. The summed E-state index contributed by atoms with van der Waals surface area (Å²) in [5.41, 5.74) is 1.22. The maximum absolute atomic E-state index is 12.7. The van der Waals surface area contributed by atoms with Crippen LogP contribution in [0.2, 0.25) is 0 Å². The summed E-state index contributed by atoms with van der Waals surface area (Å²) >= 11 is 1.76. The van der Waals surface area contributed by atoms with Gasteiger partial charge >= 0.3 is 0 Å². The van der Waals surface area contributed by atoms with E-state index >= 15 is 0 Å². The molecule has 3 rings (SSSR count). The van der Waals surface area contributed by atoms with Crippen LogP contribution in [0.4, 0.5) is 0 Å². The Morgan fingerprint density at radius 3 is 3.11 bits per heavy atom. The number of nitrogens with one attached hydrogen (secondary N) is 1. The lowest BCUT2D eigenvalue weighted by molar-refractivity contribution is -0.135. The van der Waals surface area contributed by atoms with Crippen LogP contribution in [0.25, 0.3) is 0 Å². The maximum atomic E-state index is 12.7.